The summed E-state index contributed by atoms with van der Waals surface area (Å²) >= 11 is 0. The molecule has 0 spiro atoms. The van der Waals surface area contributed by atoms with Gasteiger partial charge in [0.2, 0.25) is 0 Å². The van der Waals surface area contributed by atoms with Crippen molar-refractivity contribution in [2.45, 2.75) is 6.10 Å². The number of anilines is 1. The standard InChI is InChI=1S/C27H20F2N2O3/c28-22-12-7-13-23(29)24(22)26(32)31-27(33)30-20-14-16-21(17-15-20)34-25(18-8-3-1-4-9-18)19-10-5-2-6-11-19/h1-17,25H,(H2,30,31,32,33). The van der Waals surface area contributed by atoms with Gasteiger partial charge in [0.1, 0.15) is 29.1 Å². The van der Waals surface area contributed by atoms with Gasteiger partial charge in [-0.3, -0.25) is 10.1 Å². The van der Waals surface area contributed by atoms with Crippen molar-refractivity contribution in [3.63, 3.8) is 0 Å². The van der Waals surface area contributed by atoms with Crippen molar-refractivity contribution in [1.82, 2.24) is 5.32 Å². The molecule has 3 amide bonds. The minimum absolute atomic E-state index is 0.335. The molecule has 4 aromatic rings. The van der Waals surface area contributed by atoms with Gasteiger partial charge in [0.05, 0.1) is 0 Å². The molecular formula is C27H20F2N2O3. The van der Waals surface area contributed by atoms with Crippen LogP contribution in [0.1, 0.15) is 27.6 Å². The highest BCUT2D eigenvalue weighted by Gasteiger charge is 2.19. The summed E-state index contributed by atoms with van der Waals surface area (Å²) in [6.07, 6.45) is -0.335. The highest BCUT2D eigenvalue weighted by molar-refractivity contribution is 6.08. The number of carbonyl (C=O) groups excluding carboxylic acids is 2. The van der Waals surface area contributed by atoms with Gasteiger partial charge in [-0.15, -0.1) is 0 Å². The number of benzene rings is 4. The zero-order valence-electron chi connectivity index (χ0n) is 17.9. The molecule has 0 bridgehead atoms. The number of carbonyl (C=O) groups is 2. The lowest BCUT2D eigenvalue weighted by atomic mass is 10.0. The number of ether oxygens (including phenoxy) is 1. The summed E-state index contributed by atoms with van der Waals surface area (Å²) in [5.74, 6) is -2.73. The number of amides is 3. The Kier molecular flexibility index (Phi) is 6.93. The van der Waals surface area contributed by atoms with Crippen LogP contribution < -0.4 is 15.4 Å². The van der Waals surface area contributed by atoms with Gasteiger partial charge in [0.15, 0.2) is 0 Å². The second kappa shape index (κ2) is 10.4. The second-order valence-corrected chi connectivity index (χ2v) is 7.35. The molecule has 0 aliphatic carbocycles. The first-order valence-electron chi connectivity index (χ1n) is 10.4. The van der Waals surface area contributed by atoms with Crippen molar-refractivity contribution >= 4 is 17.6 Å². The third kappa shape index (κ3) is 5.45. The van der Waals surface area contributed by atoms with E-state index in [4.69, 9.17) is 4.74 Å². The minimum atomic E-state index is -1.18. The molecule has 0 unspecified atom stereocenters. The maximum atomic E-state index is 13.7. The maximum absolute atomic E-state index is 13.7. The third-order valence-electron chi connectivity index (χ3n) is 4.99. The summed E-state index contributed by atoms with van der Waals surface area (Å²) in [5.41, 5.74) is 1.50. The Hall–Kier alpha value is -4.52. The van der Waals surface area contributed by atoms with E-state index < -0.39 is 29.1 Å². The Morgan fingerprint density at radius 2 is 1.21 bits per heavy atom. The summed E-state index contributed by atoms with van der Waals surface area (Å²) in [6.45, 7) is 0. The molecule has 0 heterocycles. The number of urea groups is 1. The van der Waals surface area contributed by atoms with E-state index in [-0.39, 0.29) is 6.10 Å². The third-order valence-corrected chi connectivity index (χ3v) is 4.99. The van der Waals surface area contributed by atoms with Crippen LogP contribution in [0.5, 0.6) is 5.75 Å². The smallest absolute Gasteiger partial charge is 0.326 e. The second-order valence-electron chi connectivity index (χ2n) is 7.35. The van der Waals surface area contributed by atoms with Crippen LogP contribution in [0.2, 0.25) is 0 Å². The van der Waals surface area contributed by atoms with Gasteiger partial charge >= 0.3 is 6.03 Å². The predicted molar refractivity (Wildman–Crippen MR) is 125 cm³/mol. The summed E-state index contributed by atoms with van der Waals surface area (Å²) in [4.78, 5) is 24.2. The zero-order valence-corrected chi connectivity index (χ0v) is 17.9. The lowest BCUT2D eigenvalue weighted by Gasteiger charge is -2.20. The molecule has 0 atom stereocenters. The van der Waals surface area contributed by atoms with Gasteiger partial charge < -0.3 is 10.1 Å². The van der Waals surface area contributed by atoms with Crippen molar-refractivity contribution < 1.29 is 23.1 Å². The van der Waals surface area contributed by atoms with E-state index in [1.54, 1.807) is 24.3 Å². The largest absolute Gasteiger partial charge is 0.481 e. The van der Waals surface area contributed by atoms with E-state index in [9.17, 15) is 18.4 Å². The average molecular weight is 458 g/mol. The molecule has 4 rings (SSSR count). The quantitative estimate of drug-likeness (QED) is 0.367. The van der Waals surface area contributed by atoms with Crippen LogP contribution in [-0.2, 0) is 0 Å². The lowest BCUT2D eigenvalue weighted by Crippen LogP contribution is -2.35. The fraction of sp³-hybridized carbons (Fsp3) is 0.0370. The molecule has 7 heteroatoms. The Labute approximate surface area is 195 Å². The molecule has 34 heavy (non-hydrogen) atoms. The van der Waals surface area contributed by atoms with Crippen LogP contribution in [0, 0.1) is 11.6 Å². The average Bonchev–Trinajstić information content (AvgIpc) is 2.84. The van der Waals surface area contributed by atoms with Gasteiger partial charge in [-0.25, -0.2) is 13.6 Å². The topological polar surface area (TPSA) is 67.4 Å². The van der Waals surface area contributed by atoms with Crippen LogP contribution >= 0.6 is 0 Å². The number of hydrogen-bond donors (Lipinski definition) is 2. The molecule has 5 nitrogen and oxygen atoms in total. The van der Waals surface area contributed by atoms with Crippen LogP contribution in [0.15, 0.2) is 103 Å². The summed E-state index contributed by atoms with van der Waals surface area (Å²) in [5, 5.41) is 4.37. The summed E-state index contributed by atoms with van der Waals surface area (Å²) < 4.78 is 33.7. The van der Waals surface area contributed by atoms with E-state index in [0.717, 1.165) is 29.3 Å². The van der Waals surface area contributed by atoms with Gasteiger partial charge in [0, 0.05) is 5.69 Å². The van der Waals surface area contributed by atoms with Crippen LogP contribution in [0.3, 0.4) is 0 Å². The fourth-order valence-corrected chi connectivity index (χ4v) is 3.38. The number of imide groups is 1. The van der Waals surface area contributed by atoms with E-state index in [2.05, 4.69) is 5.32 Å². The molecule has 0 radical (unpaired) electrons. The van der Waals surface area contributed by atoms with Crippen molar-refractivity contribution in [1.29, 1.82) is 0 Å². The highest BCUT2D eigenvalue weighted by Crippen LogP contribution is 2.29. The monoisotopic (exact) mass is 458 g/mol. The molecule has 0 aliphatic heterocycles. The molecular weight excluding hydrogens is 438 g/mol. The predicted octanol–water partition coefficient (Wildman–Crippen LogP) is 6.10. The lowest BCUT2D eigenvalue weighted by molar-refractivity contribution is 0.0959. The number of hydrogen-bond acceptors (Lipinski definition) is 3. The van der Waals surface area contributed by atoms with Crippen LogP contribution in [0.4, 0.5) is 19.3 Å². The maximum Gasteiger partial charge on any atom is 0.326 e. The van der Waals surface area contributed by atoms with E-state index in [1.807, 2.05) is 66.0 Å². The Bertz CT molecular complexity index is 1220. The molecule has 2 N–H and O–H groups in total. The summed E-state index contributed by atoms with van der Waals surface area (Å²) in [7, 11) is 0. The summed E-state index contributed by atoms with van der Waals surface area (Å²) in [6, 6.07) is 28.2. The van der Waals surface area contributed by atoms with Gasteiger partial charge in [-0.1, -0.05) is 66.7 Å². The van der Waals surface area contributed by atoms with Crippen LogP contribution in [-0.4, -0.2) is 11.9 Å². The molecule has 0 saturated heterocycles. The van der Waals surface area contributed by atoms with E-state index in [0.29, 0.717) is 11.4 Å². The van der Waals surface area contributed by atoms with E-state index in [1.165, 1.54) is 0 Å². The Morgan fingerprint density at radius 1 is 0.676 bits per heavy atom. The van der Waals surface area contributed by atoms with Gasteiger partial charge in [0.25, 0.3) is 5.91 Å². The molecule has 4 aromatic carbocycles. The Morgan fingerprint density at radius 3 is 1.74 bits per heavy atom. The SMILES string of the molecule is O=C(NC(=O)c1c(F)cccc1F)Nc1ccc(OC(c2ccccc2)c2ccccc2)cc1. The fourth-order valence-electron chi connectivity index (χ4n) is 3.38. The number of rotatable bonds is 6. The molecule has 0 aliphatic rings. The molecule has 0 saturated carbocycles. The van der Waals surface area contributed by atoms with Crippen molar-refractivity contribution in [2.24, 2.45) is 0 Å². The van der Waals surface area contributed by atoms with Crippen molar-refractivity contribution in [3.05, 3.63) is 131 Å². The Balaban J connectivity index is 1.43. The first-order valence-corrected chi connectivity index (χ1v) is 10.4. The van der Waals surface area contributed by atoms with Crippen molar-refractivity contribution in [2.75, 3.05) is 5.32 Å². The highest BCUT2D eigenvalue weighted by atomic mass is 19.1. The minimum Gasteiger partial charge on any atom is -0.481 e. The molecule has 170 valence electrons. The number of nitrogens with one attached hydrogen (secondary N) is 2. The number of halogens is 2. The zero-order chi connectivity index (χ0) is 23.9. The normalized spacial score (nSPS) is 10.6. The molecule has 0 aromatic heterocycles. The first kappa shape index (κ1) is 22.7. The van der Waals surface area contributed by atoms with E-state index >= 15 is 0 Å². The van der Waals surface area contributed by atoms with Gasteiger partial charge in [-0.2, -0.15) is 0 Å². The first-order chi connectivity index (χ1) is 16.5. The van der Waals surface area contributed by atoms with Gasteiger partial charge in [-0.05, 0) is 47.5 Å². The van der Waals surface area contributed by atoms with Crippen molar-refractivity contribution in [3.8, 4) is 5.75 Å². The molecule has 0 fully saturated rings. The van der Waals surface area contributed by atoms with Crippen LogP contribution in [0.25, 0.3) is 0 Å².